The third-order valence-electron chi connectivity index (χ3n) is 0.167. The molecule has 3 nitrogen and oxygen atoms in total. The predicted molar refractivity (Wildman–Crippen MR) is 61.6 cm³/mol. The fourth-order valence-electron chi connectivity index (χ4n) is 0.0833. The Hall–Kier alpha value is 0.679. The van der Waals surface area contributed by atoms with Crippen LogP contribution in [0.1, 0.15) is 37.1 Å². The van der Waals surface area contributed by atoms with Crippen molar-refractivity contribution in [1.29, 1.82) is 0 Å². The Balaban J connectivity index is -0.00000000671. The second-order valence-corrected chi connectivity index (χ2v) is 3.30. The summed E-state index contributed by atoms with van der Waals surface area (Å²) in [5.74, 6) is 0. The fourth-order valence-corrected chi connectivity index (χ4v) is 0.559. The monoisotopic (exact) mass is 294 g/mol. The van der Waals surface area contributed by atoms with Crippen LogP contribution in [0.3, 0.4) is 0 Å². The van der Waals surface area contributed by atoms with Crippen molar-refractivity contribution < 1.29 is 11.3 Å². The van der Waals surface area contributed by atoms with E-state index in [1.807, 2.05) is 0 Å². The van der Waals surface area contributed by atoms with Gasteiger partial charge in [-0.25, -0.2) is 0 Å². The van der Waals surface area contributed by atoms with E-state index >= 15 is 0 Å². The molecule has 0 fully saturated rings. The summed E-state index contributed by atoms with van der Waals surface area (Å²) in [4.78, 5) is 0. The minimum atomic E-state index is -0.782. The number of aliphatic hydroxyl groups excluding tert-OH is 1. The maximum atomic E-state index is 7.00. The maximum absolute atomic E-state index is 7.00. The summed E-state index contributed by atoms with van der Waals surface area (Å²) in [7, 11) is 4.32. The average molecular weight is 293 g/mol. The minimum absolute atomic E-state index is 0. The number of rotatable bonds is 2. The second-order valence-electron chi connectivity index (χ2n) is 0.492. The Kier molecular flexibility index (Phi) is 440. The quantitative estimate of drug-likeness (QED) is 0.795. The molecule has 2 radical (unpaired) electrons. The van der Waals surface area contributed by atoms with Gasteiger partial charge in [0.15, 0.2) is 0 Å². The molecule has 0 heterocycles. The van der Waals surface area contributed by atoms with Crippen molar-refractivity contribution in [3.05, 3.63) is 0 Å². The van der Waals surface area contributed by atoms with E-state index in [0.717, 1.165) is 7.11 Å². The second kappa shape index (κ2) is 98.4. The molecule has 0 aromatic carbocycles. The number of hydrogen-bond acceptors (Lipinski definition) is 3. The van der Waals surface area contributed by atoms with Crippen LogP contribution in [0.4, 0.5) is 0 Å². The summed E-state index contributed by atoms with van der Waals surface area (Å²) in [5, 5.41) is 7.00. The van der Waals surface area contributed by atoms with Crippen LogP contribution < -0.4 is 0 Å². The summed E-state index contributed by atoms with van der Waals surface area (Å²) < 4.78 is 9.28. The summed E-state index contributed by atoms with van der Waals surface area (Å²) in [6, 6.07) is 0. The van der Waals surface area contributed by atoms with Gasteiger partial charge in [-0.3, -0.25) is 0 Å². The van der Waals surface area contributed by atoms with E-state index in [1.165, 1.54) is 0 Å². The summed E-state index contributed by atoms with van der Waals surface area (Å²) in [6.07, 6.45) is 0. The van der Waals surface area contributed by atoms with E-state index in [1.54, 1.807) is 14.2 Å². The molecule has 0 unspecified atom stereocenters. The van der Waals surface area contributed by atoms with E-state index in [0.29, 0.717) is 0 Å². The normalized spacial score (nSPS) is 4.00. The first-order valence-corrected chi connectivity index (χ1v) is 4.00. The van der Waals surface area contributed by atoms with Crippen molar-refractivity contribution in [2.75, 3.05) is 21.3 Å². The van der Waals surface area contributed by atoms with Crippen LogP contribution in [0.15, 0.2) is 0 Å². The standard InChI is InChI=1S/CH4O.2CH3O.5CH4.Sn/c3*1-2;;;;;;/h2H,1H3;2*1H3;5*1H4;/q;2*-1;;;;;;+2. The topological polar surface area (TPSA) is 38.7 Å². The number of hydrogen-bond donors (Lipinski definition) is 1. The Morgan fingerprint density at radius 1 is 0.750 bits per heavy atom. The molecule has 0 saturated carbocycles. The van der Waals surface area contributed by atoms with Gasteiger partial charge in [0.2, 0.25) is 0 Å². The van der Waals surface area contributed by atoms with Gasteiger partial charge in [0.25, 0.3) is 0 Å². The first kappa shape index (κ1) is 53.6. The first-order chi connectivity index (χ1) is 3.41. The van der Waals surface area contributed by atoms with Crippen LogP contribution in [0.2, 0.25) is 0 Å². The van der Waals surface area contributed by atoms with Crippen molar-refractivity contribution in [2.45, 2.75) is 37.1 Å². The van der Waals surface area contributed by atoms with Crippen LogP contribution >= 0.6 is 0 Å². The van der Waals surface area contributed by atoms with Crippen LogP contribution in [0.5, 0.6) is 0 Å². The molecule has 0 bridgehead atoms. The van der Waals surface area contributed by atoms with E-state index in [9.17, 15) is 0 Å². The van der Waals surface area contributed by atoms with Crippen LogP contribution in [-0.4, -0.2) is 48.4 Å². The molecule has 0 saturated heterocycles. The van der Waals surface area contributed by atoms with Gasteiger partial charge in [-0.2, -0.15) is 0 Å². The van der Waals surface area contributed by atoms with Crippen molar-refractivity contribution in [3.63, 3.8) is 0 Å². The third-order valence-corrected chi connectivity index (χ3v) is 1.12. The Bertz CT molecular complexity index is 21.8. The molecule has 0 aromatic rings. The molecular formula is C8H30O3Sn. The number of aliphatic hydroxyl groups is 1. The Morgan fingerprint density at radius 2 is 0.917 bits per heavy atom. The van der Waals surface area contributed by atoms with Gasteiger partial charge in [-0.1, -0.05) is 37.1 Å². The third kappa shape index (κ3) is 139. The van der Waals surface area contributed by atoms with Crippen LogP contribution in [-0.2, 0) is 6.15 Å². The Morgan fingerprint density at radius 3 is 0.917 bits per heavy atom. The van der Waals surface area contributed by atoms with E-state index in [2.05, 4.69) is 6.15 Å². The van der Waals surface area contributed by atoms with Crippen LogP contribution in [0.25, 0.3) is 0 Å². The summed E-state index contributed by atoms with van der Waals surface area (Å²) >= 11 is -0.782. The van der Waals surface area contributed by atoms with Gasteiger partial charge in [0.05, 0.1) is 0 Å². The molecule has 0 aliphatic heterocycles. The van der Waals surface area contributed by atoms with Gasteiger partial charge in [-0.05, 0) is 0 Å². The molecular weight excluding hydrogens is 263 g/mol. The van der Waals surface area contributed by atoms with Crippen LogP contribution in [0, 0.1) is 0 Å². The van der Waals surface area contributed by atoms with E-state index in [4.69, 9.17) is 5.11 Å². The van der Waals surface area contributed by atoms with Gasteiger partial charge in [0, 0.05) is 7.11 Å². The summed E-state index contributed by atoms with van der Waals surface area (Å²) in [6.45, 7) is 0. The van der Waals surface area contributed by atoms with E-state index in [-0.39, 0.29) is 37.1 Å². The molecule has 0 spiro atoms. The molecule has 0 atom stereocenters. The zero-order valence-electron chi connectivity index (χ0n) is 4.76. The van der Waals surface area contributed by atoms with E-state index < -0.39 is 22.0 Å². The predicted octanol–water partition coefficient (Wildman–Crippen LogP) is 2.60. The molecule has 84 valence electrons. The van der Waals surface area contributed by atoms with Gasteiger partial charge in [0.1, 0.15) is 0 Å². The van der Waals surface area contributed by atoms with Crippen molar-refractivity contribution in [1.82, 2.24) is 0 Å². The molecule has 4 heteroatoms. The zero-order chi connectivity index (χ0) is 6.12. The average Bonchev–Trinajstić information content (AvgIpc) is 1.75. The van der Waals surface area contributed by atoms with Gasteiger partial charge < -0.3 is 5.11 Å². The SMILES string of the molecule is C.C.C.C.C.CO.C[O][Sn][O]C. The van der Waals surface area contributed by atoms with Gasteiger partial charge in [-0.15, -0.1) is 0 Å². The Labute approximate surface area is 91.8 Å². The summed E-state index contributed by atoms with van der Waals surface area (Å²) in [5.41, 5.74) is 0. The first-order valence-electron chi connectivity index (χ1n) is 1.67. The zero-order valence-corrected chi connectivity index (χ0v) is 7.62. The molecule has 0 amide bonds. The molecule has 0 aliphatic rings. The van der Waals surface area contributed by atoms with Gasteiger partial charge >= 0.3 is 42.3 Å². The molecule has 0 aromatic heterocycles. The van der Waals surface area contributed by atoms with Crippen molar-refractivity contribution >= 4 is 22.0 Å². The van der Waals surface area contributed by atoms with Crippen molar-refractivity contribution in [3.8, 4) is 0 Å². The fraction of sp³-hybridized carbons (Fsp3) is 1.00. The molecule has 0 rings (SSSR count). The molecule has 0 aliphatic carbocycles. The van der Waals surface area contributed by atoms with Crippen molar-refractivity contribution in [2.24, 2.45) is 0 Å². The molecule has 12 heavy (non-hydrogen) atoms. The molecule has 1 N–H and O–H groups in total.